The molecule has 0 amide bonds. The van der Waals surface area contributed by atoms with Crippen LogP contribution >= 0.6 is 0 Å². The second kappa shape index (κ2) is 7.81. The fraction of sp³-hybridized carbons (Fsp3) is 0.900. The SMILES string of the molecule is CCCCCC1/C(=C/C(C)N)C(CC(C)C)C(C)(C)C1C. The molecule has 1 nitrogen and oxygen atoms in total. The van der Waals surface area contributed by atoms with Gasteiger partial charge in [-0.25, -0.2) is 0 Å². The summed E-state index contributed by atoms with van der Waals surface area (Å²) in [5.41, 5.74) is 8.23. The van der Waals surface area contributed by atoms with Crippen molar-refractivity contribution < 1.29 is 0 Å². The second-order valence-corrected chi connectivity index (χ2v) is 8.42. The van der Waals surface area contributed by atoms with E-state index in [1.165, 1.54) is 32.1 Å². The Morgan fingerprint density at radius 3 is 2.29 bits per heavy atom. The first-order valence-electron chi connectivity index (χ1n) is 9.18. The summed E-state index contributed by atoms with van der Waals surface area (Å²) >= 11 is 0. The molecular weight excluding hydrogens is 254 g/mol. The molecule has 1 rings (SSSR count). The molecule has 0 heterocycles. The summed E-state index contributed by atoms with van der Waals surface area (Å²) in [5.74, 6) is 2.99. The standard InChI is InChI=1S/C20H39N/c1-8-9-10-11-17-16(5)20(6,7)19(12-14(2)3)18(17)13-15(4)21/h13-17,19H,8-12,21H2,1-7H3/b18-13-. The zero-order valence-corrected chi connectivity index (χ0v) is 15.6. The van der Waals surface area contributed by atoms with Crippen LogP contribution < -0.4 is 5.73 Å². The van der Waals surface area contributed by atoms with Gasteiger partial charge >= 0.3 is 0 Å². The van der Waals surface area contributed by atoms with Crippen molar-refractivity contribution in [1.82, 2.24) is 0 Å². The van der Waals surface area contributed by atoms with Crippen molar-refractivity contribution in [3.05, 3.63) is 11.6 Å². The van der Waals surface area contributed by atoms with Gasteiger partial charge in [-0.1, -0.05) is 72.5 Å². The van der Waals surface area contributed by atoms with Crippen LogP contribution in [0.5, 0.6) is 0 Å². The number of rotatable bonds is 7. The van der Waals surface area contributed by atoms with E-state index in [-0.39, 0.29) is 6.04 Å². The zero-order valence-electron chi connectivity index (χ0n) is 15.6. The van der Waals surface area contributed by atoms with E-state index in [1.54, 1.807) is 5.57 Å². The molecule has 0 spiro atoms. The van der Waals surface area contributed by atoms with Crippen LogP contribution in [-0.2, 0) is 0 Å². The molecule has 2 N–H and O–H groups in total. The van der Waals surface area contributed by atoms with Crippen LogP contribution in [0.2, 0.25) is 0 Å². The van der Waals surface area contributed by atoms with Crippen LogP contribution in [0, 0.1) is 29.1 Å². The summed E-state index contributed by atoms with van der Waals surface area (Å²) < 4.78 is 0. The van der Waals surface area contributed by atoms with Crippen LogP contribution in [-0.4, -0.2) is 6.04 Å². The maximum absolute atomic E-state index is 6.14. The summed E-state index contributed by atoms with van der Waals surface area (Å²) in [6, 6.07) is 0.185. The van der Waals surface area contributed by atoms with Crippen LogP contribution in [0.25, 0.3) is 0 Å². The van der Waals surface area contributed by atoms with Gasteiger partial charge in [0.25, 0.3) is 0 Å². The van der Waals surface area contributed by atoms with E-state index < -0.39 is 0 Å². The predicted molar refractivity (Wildman–Crippen MR) is 95.3 cm³/mol. The maximum atomic E-state index is 6.14. The molecule has 0 radical (unpaired) electrons. The largest absolute Gasteiger partial charge is 0.325 e. The molecule has 0 aromatic carbocycles. The van der Waals surface area contributed by atoms with Crippen molar-refractivity contribution in [2.45, 2.75) is 86.6 Å². The van der Waals surface area contributed by atoms with Crippen molar-refractivity contribution in [2.24, 2.45) is 34.8 Å². The molecule has 1 fully saturated rings. The summed E-state index contributed by atoms with van der Waals surface area (Å²) in [4.78, 5) is 0. The Hall–Kier alpha value is -0.300. The highest BCUT2D eigenvalue weighted by atomic mass is 14.6. The Morgan fingerprint density at radius 2 is 1.81 bits per heavy atom. The van der Waals surface area contributed by atoms with Crippen molar-refractivity contribution in [2.75, 3.05) is 0 Å². The number of hydrogen-bond acceptors (Lipinski definition) is 1. The van der Waals surface area contributed by atoms with Gasteiger partial charge in [0.1, 0.15) is 0 Å². The molecule has 0 aromatic rings. The first-order valence-corrected chi connectivity index (χ1v) is 9.18. The van der Waals surface area contributed by atoms with Gasteiger partial charge in [-0.15, -0.1) is 0 Å². The molecule has 0 saturated heterocycles. The molecule has 0 aliphatic heterocycles. The van der Waals surface area contributed by atoms with E-state index in [2.05, 4.69) is 54.5 Å². The lowest BCUT2D eigenvalue weighted by molar-refractivity contribution is 0.166. The Labute approximate surface area is 133 Å². The highest BCUT2D eigenvalue weighted by molar-refractivity contribution is 5.24. The molecule has 0 aromatic heterocycles. The van der Waals surface area contributed by atoms with E-state index in [0.29, 0.717) is 11.3 Å². The van der Waals surface area contributed by atoms with Crippen LogP contribution in [0.3, 0.4) is 0 Å². The summed E-state index contributed by atoms with van der Waals surface area (Å²) in [6.45, 7) is 16.6. The molecule has 1 aliphatic rings. The minimum Gasteiger partial charge on any atom is -0.325 e. The van der Waals surface area contributed by atoms with E-state index >= 15 is 0 Å². The van der Waals surface area contributed by atoms with Gasteiger partial charge in [0.15, 0.2) is 0 Å². The highest BCUT2D eigenvalue weighted by Gasteiger charge is 2.49. The number of nitrogens with two attached hydrogens (primary N) is 1. The fourth-order valence-corrected chi connectivity index (χ4v) is 4.30. The van der Waals surface area contributed by atoms with Gasteiger partial charge < -0.3 is 5.73 Å². The molecular formula is C20H39N. The summed E-state index contributed by atoms with van der Waals surface area (Å²) in [7, 11) is 0. The minimum absolute atomic E-state index is 0.185. The smallest absolute Gasteiger partial charge is 0.0197 e. The lowest BCUT2D eigenvalue weighted by Crippen LogP contribution is -2.26. The molecule has 1 saturated carbocycles. The molecule has 1 heteroatoms. The summed E-state index contributed by atoms with van der Waals surface area (Å²) in [6.07, 6.45) is 9.10. The molecule has 0 bridgehead atoms. The van der Waals surface area contributed by atoms with Crippen molar-refractivity contribution in [1.29, 1.82) is 0 Å². The fourth-order valence-electron chi connectivity index (χ4n) is 4.30. The third kappa shape index (κ3) is 4.58. The van der Waals surface area contributed by atoms with E-state index in [4.69, 9.17) is 5.73 Å². The summed E-state index contributed by atoms with van der Waals surface area (Å²) in [5, 5.41) is 0. The number of allylic oxidation sites excluding steroid dienone is 1. The molecule has 1 aliphatic carbocycles. The Balaban J connectivity index is 3.04. The number of hydrogen-bond donors (Lipinski definition) is 1. The molecule has 4 atom stereocenters. The first kappa shape index (κ1) is 18.7. The van der Waals surface area contributed by atoms with E-state index in [1.807, 2.05) is 0 Å². The van der Waals surface area contributed by atoms with Crippen LogP contribution in [0.15, 0.2) is 11.6 Å². The van der Waals surface area contributed by atoms with Gasteiger partial charge in [0.05, 0.1) is 0 Å². The second-order valence-electron chi connectivity index (χ2n) is 8.42. The Bertz CT molecular complexity index is 338. The average molecular weight is 294 g/mol. The molecule has 124 valence electrons. The quantitative estimate of drug-likeness (QED) is 0.466. The minimum atomic E-state index is 0.185. The lowest BCUT2D eigenvalue weighted by Gasteiger charge is -2.33. The van der Waals surface area contributed by atoms with Gasteiger partial charge in [-0.05, 0) is 48.9 Å². The average Bonchev–Trinajstić information content (AvgIpc) is 2.52. The monoisotopic (exact) mass is 293 g/mol. The van der Waals surface area contributed by atoms with Crippen molar-refractivity contribution >= 4 is 0 Å². The van der Waals surface area contributed by atoms with E-state index in [9.17, 15) is 0 Å². The topological polar surface area (TPSA) is 26.0 Å². The first-order chi connectivity index (χ1) is 9.71. The number of unbranched alkanes of at least 4 members (excludes halogenated alkanes) is 2. The zero-order chi connectivity index (χ0) is 16.2. The van der Waals surface area contributed by atoms with Crippen LogP contribution in [0.1, 0.15) is 80.6 Å². The lowest BCUT2D eigenvalue weighted by atomic mass is 9.72. The van der Waals surface area contributed by atoms with Crippen molar-refractivity contribution in [3.63, 3.8) is 0 Å². The van der Waals surface area contributed by atoms with Crippen molar-refractivity contribution in [3.8, 4) is 0 Å². The molecule has 4 unspecified atom stereocenters. The van der Waals surface area contributed by atoms with Gasteiger partial charge in [-0.3, -0.25) is 0 Å². The highest BCUT2D eigenvalue weighted by Crippen LogP contribution is 2.57. The third-order valence-corrected chi connectivity index (χ3v) is 5.79. The Kier molecular flexibility index (Phi) is 6.97. The normalized spacial score (nSPS) is 32.0. The van der Waals surface area contributed by atoms with Gasteiger partial charge in [0, 0.05) is 6.04 Å². The maximum Gasteiger partial charge on any atom is 0.0197 e. The van der Waals surface area contributed by atoms with Gasteiger partial charge in [0.2, 0.25) is 0 Å². The van der Waals surface area contributed by atoms with Gasteiger partial charge in [-0.2, -0.15) is 0 Å². The predicted octanol–water partition coefficient (Wildman–Crippen LogP) is 5.79. The van der Waals surface area contributed by atoms with E-state index in [0.717, 1.165) is 17.8 Å². The van der Waals surface area contributed by atoms with Crippen LogP contribution in [0.4, 0.5) is 0 Å². The Morgan fingerprint density at radius 1 is 1.19 bits per heavy atom. The molecule has 21 heavy (non-hydrogen) atoms. The third-order valence-electron chi connectivity index (χ3n) is 5.79.